The zero-order valence-electron chi connectivity index (χ0n) is 11.7. The molecule has 2 aromatic rings. The molecule has 4 heteroatoms. The van der Waals surface area contributed by atoms with Crippen LogP contribution in [0.15, 0.2) is 24.3 Å². The summed E-state index contributed by atoms with van der Waals surface area (Å²) in [6, 6.07) is 8.28. The second kappa shape index (κ2) is 5.57. The van der Waals surface area contributed by atoms with Crippen LogP contribution in [0.1, 0.15) is 23.6 Å². The summed E-state index contributed by atoms with van der Waals surface area (Å²) >= 11 is 6.02. The van der Waals surface area contributed by atoms with E-state index >= 15 is 0 Å². The van der Waals surface area contributed by atoms with Gasteiger partial charge in [0.15, 0.2) is 11.0 Å². The molecule has 0 fully saturated rings. The minimum atomic E-state index is 0.474. The molecular formula is C15H18ClN3. The number of hydrogen-bond donors (Lipinski definition) is 0. The van der Waals surface area contributed by atoms with E-state index < -0.39 is 0 Å². The van der Waals surface area contributed by atoms with Crippen LogP contribution in [0.25, 0.3) is 0 Å². The van der Waals surface area contributed by atoms with Gasteiger partial charge in [0.05, 0.1) is 0 Å². The van der Waals surface area contributed by atoms with Crippen LogP contribution in [0, 0.1) is 20.8 Å². The number of benzene rings is 1. The molecule has 0 N–H and O–H groups in total. The van der Waals surface area contributed by atoms with Crippen molar-refractivity contribution in [2.24, 2.45) is 0 Å². The number of aryl methyl sites for hydroxylation is 1. The Kier molecular flexibility index (Phi) is 4.05. The van der Waals surface area contributed by atoms with Crippen LogP contribution in [0.5, 0.6) is 0 Å². The molecule has 0 bridgehead atoms. The van der Waals surface area contributed by atoms with Gasteiger partial charge < -0.3 is 4.90 Å². The maximum atomic E-state index is 6.02. The SMILES string of the molecule is CCN(c1ccccc1C)c1nnc(Cl)c(C)c1C. The Morgan fingerprint density at radius 3 is 2.37 bits per heavy atom. The number of aromatic nitrogens is 2. The molecule has 0 spiro atoms. The average molecular weight is 276 g/mol. The molecule has 1 aromatic heterocycles. The normalized spacial score (nSPS) is 10.6. The minimum absolute atomic E-state index is 0.474. The second-order valence-corrected chi connectivity index (χ2v) is 4.95. The van der Waals surface area contributed by atoms with Gasteiger partial charge in [0.25, 0.3) is 0 Å². The third-order valence-corrected chi connectivity index (χ3v) is 3.78. The van der Waals surface area contributed by atoms with Gasteiger partial charge in [-0.15, -0.1) is 10.2 Å². The fourth-order valence-electron chi connectivity index (χ4n) is 2.12. The first kappa shape index (κ1) is 13.8. The van der Waals surface area contributed by atoms with E-state index in [-0.39, 0.29) is 0 Å². The van der Waals surface area contributed by atoms with Crippen molar-refractivity contribution in [2.45, 2.75) is 27.7 Å². The monoisotopic (exact) mass is 275 g/mol. The molecule has 1 aromatic carbocycles. The van der Waals surface area contributed by atoms with Crippen molar-refractivity contribution in [1.29, 1.82) is 0 Å². The van der Waals surface area contributed by atoms with Gasteiger partial charge in [0.2, 0.25) is 0 Å². The Balaban J connectivity index is 2.55. The summed E-state index contributed by atoms with van der Waals surface area (Å²) in [5, 5.41) is 8.78. The first-order valence-electron chi connectivity index (χ1n) is 6.38. The summed E-state index contributed by atoms with van der Waals surface area (Å²) in [6.07, 6.45) is 0. The Labute approximate surface area is 119 Å². The Morgan fingerprint density at radius 1 is 1.05 bits per heavy atom. The van der Waals surface area contributed by atoms with Gasteiger partial charge >= 0.3 is 0 Å². The van der Waals surface area contributed by atoms with Crippen LogP contribution >= 0.6 is 11.6 Å². The lowest BCUT2D eigenvalue weighted by Crippen LogP contribution is -2.20. The predicted octanol–water partition coefficient (Wildman–Crippen LogP) is 4.21. The summed E-state index contributed by atoms with van der Waals surface area (Å²) in [7, 11) is 0. The molecule has 0 aliphatic heterocycles. The van der Waals surface area contributed by atoms with Gasteiger partial charge in [-0.1, -0.05) is 29.8 Å². The van der Waals surface area contributed by atoms with Crippen LogP contribution in [0.3, 0.4) is 0 Å². The highest BCUT2D eigenvalue weighted by molar-refractivity contribution is 6.30. The summed E-state index contributed by atoms with van der Waals surface area (Å²) in [6.45, 7) is 9.05. The van der Waals surface area contributed by atoms with E-state index in [1.165, 1.54) is 5.56 Å². The maximum absolute atomic E-state index is 6.02. The van der Waals surface area contributed by atoms with Crippen LogP contribution in [0.2, 0.25) is 5.15 Å². The fraction of sp³-hybridized carbons (Fsp3) is 0.333. The third-order valence-electron chi connectivity index (χ3n) is 3.42. The zero-order chi connectivity index (χ0) is 14.0. The predicted molar refractivity (Wildman–Crippen MR) is 80.4 cm³/mol. The Bertz CT molecular complexity index is 596. The summed E-state index contributed by atoms with van der Waals surface area (Å²) in [5.41, 5.74) is 4.44. The Hall–Kier alpha value is -1.61. The number of anilines is 2. The van der Waals surface area contributed by atoms with Crippen LogP contribution in [0.4, 0.5) is 11.5 Å². The topological polar surface area (TPSA) is 29.0 Å². The first-order chi connectivity index (χ1) is 9.06. The van der Waals surface area contributed by atoms with E-state index in [9.17, 15) is 0 Å². The molecule has 3 nitrogen and oxygen atoms in total. The molecule has 100 valence electrons. The van der Waals surface area contributed by atoms with Crippen molar-refractivity contribution in [3.8, 4) is 0 Å². The van der Waals surface area contributed by atoms with Gasteiger partial charge in [-0.05, 0) is 50.5 Å². The van der Waals surface area contributed by atoms with E-state index in [0.717, 1.165) is 29.2 Å². The van der Waals surface area contributed by atoms with Gasteiger partial charge in [-0.25, -0.2) is 0 Å². The zero-order valence-corrected chi connectivity index (χ0v) is 12.5. The molecule has 0 radical (unpaired) electrons. The average Bonchev–Trinajstić information content (AvgIpc) is 2.41. The molecule has 19 heavy (non-hydrogen) atoms. The van der Waals surface area contributed by atoms with Crippen molar-refractivity contribution in [1.82, 2.24) is 10.2 Å². The largest absolute Gasteiger partial charge is 0.325 e. The van der Waals surface area contributed by atoms with Crippen molar-refractivity contribution in [3.05, 3.63) is 46.1 Å². The number of hydrogen-bond acceptors (Lipinski definition) is 3. The lowest BCUT2D eigenvalue weighted by molar-refractivity contribution is 0.908. The summed E-state index contributed by atoms with van der Waals surface area (Å²) in [5.74, 6) is 0.874. The standard InChI is InChI=1S/C15H18ClN3/c1-5-19(13-9-7-6-8-10(13)2)15-12(4)11(3)14(16)17-18-15/h6-9H,5H2,1-4H3. The molecule has 1 heterocycles. The number of nitrogens with zero attached hydrogens (tertiary/aromatic N) is 3. The molecule has 0 atom stereocenters. The summed E-state index contributed by atoms with van der Waals surface area (Å²) < 4.78 is 0. The second-order valence-electron chi connectivity index (χ2n) is 4.60. The van der Waals surface area contributed by atoms with Gasteiger partial charge in [0.1, 0.15) is 0 Å². The van der Waals surface area contributed by atoms with Crippen LogP contribution in [-0.4, -0.2) is 16.7 Å². The van der Waals surface area contributed by atoms with Gasteiger partial charge in [0, 0.05) is 12.2 Å². The number of rotatable bonds is 3. The third kappa shape index (κ3) is 2.56. The highest BCUT2D eigenvalue weighted by atomic mass is 35.5. The lowest BCUT2D eigenvalue weighted by atomic mass is 10.1. The van der Waals surface area contributed by atoms with Crippen LogP contribution in [-0.2, 0) is 0 Å². The van der Waals surface area contributed by atoms with E-state index in [2.05, 4.69) is 41.1 Å². The quantitative estimate of drug-likeness (QED) is 0.840. The van der Waals surface area contributed by atoms with Crippen molar-refractivity contribution in [2.75, 3.05) is 11.4 Å². The lowest BCUT2D eigenvalue weighted by Gasteiger charge is -2.25. The van der Waals surface area contributed by atoms with Crippen molar-refractivity contribution in [3.63, 3.8) is 0 Å². The molecule has 0 unspecified atom stereocenters. The highest BCUT2D eigenvalue weighted by Crippen LogP contribution is 2.31. The molecule has 0 aliphatic carbocycles. The molecule has 0 saturated heterocycles. The van der Waals surface area contributed by atoms with Gasteiger partial charge in [-0.3, -0.25) is 0 Å². The molecule has 0 saturated carbocycles. The van der Waals surface area contributed by atoms with Gasteiger partial charge in [-0.2, -0.15) is 0 Å². The Morgan fingerprint density at radius 2 is 1.74 bits per heavy atom. The molecular weight excluding hydrogens is 258 g/mol. The first-order valence-corrected chi connectivity index (χ1v) is 6.76. The van der Waals surface area contributed by atoms with Crippen LogP contribution < -0.4 is 4.90 Å². The van der Waals surface area contributed by atoms with E-state index in [4.69, 9.17) is 11.6 Å². The fourth-order valence-corrected chi connectivity index (χ4v) is 2.30. The van der Waals surface area contributed by atoms with E-state index in [1.807, 2.05) is 26.0 Å². The van der Waals surface area contributed by atoms with Crippen molar-refractivity contribution >= 4 is 23.1 Å². The number of para-hydroxylation sites is 1. The number of halogens is 1. The molecule has 0 aliphatic rings. The minimum Gasteiger partial charge on any atom is -0.325 e. The summed E-state index contributed by atoms with van der Waals surface area (Å²) in [4.78, 5) is 2.17. The highest BCUT2D eigenvalue weighted by Gasteiger charge is 2.16. The van der Waals surface area contributed by atoms with E-state index in [0.29, 0.717) is 5.15 Å². The van der Waals surface area contributed by atoms with E-state index in [1.54, 1.807) is 0 Å². The molecule has 2 rings (SSSR count). The molecule has 0 amide bonds. The smallest absolute Gasteiger partial charge is 0.158 e. The maximum Gasteiger partial charge on any atom is 0.158 e. The van der Waals surface area contributed by atoms with Crippen molar-refractivity contribution < 1.29 is 0 Å².